The first kappa shape index (κ1) is 13.2. The Hall–Kier alpha value is -1.23. The van der Waals surface area contributed by atoms with Gasteiger partial charge in [-0.3, -0.25) is 4.90 Å². The third-order valence-electron chi connectivity index (χ3n) is 2.58. The van der Waals surface area contributed by atoms with Gasteiger partial charge in [0.15, 0.2) is 0 Å². The number of benzene rings is 1. The molecule has 1 N–H and O–H groups in total. The van der Waals surface area contributed by atoms with E-state index in [1.807, 2.05) is 25.2 Å². The van der Waals surface area contributed by atoms with E-state index < -0.39 is 0 Å². The van der Waals surface area contributed by atoms with Crippen molar-refractivity contribution in [2.75, 3.05) is 13.6 Å². The lowest BCUT2D eigenvalue weighted by atomic mass is 10.2. The second-order valence-electron chi connectivity index (χ2n) is 4.56. The van der Waals surface area contributed by atoms with Gasteiger partial charge in [-0.05, 0) is 14.0 Å². The Morgan fingerprint density at radius 2 is 2.06 bits per heavy atom. The highest BCUT2D eigenvalue weighted by molar-refractivity contribution is 7.13. The van der Waals surface area contributed by atoms with Gasteiger partial charge in [0, 0.05) is 24.0 Å². The predicted octanol–water partition coefficient (Wildman–Crippen LogP) is 2.62. The quantitative estimate of drug-likeness (QED) is 0.900. The summed E-state index contributed by atoms with van der Waals surface area (Å²) in [6.07, 6.45) is -0.303. The highest BCUT2D eigenvalue weighted by Crippen LogP contribution is 2.23. The molecule has 18 heavy (non-hydrogen) atoms. The first-order valence-electron chi connectivity index (χ1n) is 6.01. The van der Waals surface area contributed by atoms with Crippen molar-refractivity contribution in [2.24, 2.45) is 0 Å². The van der Waals surface area contributed by atoms with Crippen molar-refractivity contribution >= 4 is 11.3 Å². The van der Waals surface area contributed by atoms with Gasteiger partial charge in [-0.2, -0.15) is 0 Å². The second-order valence-corrected chi connectivity index (χ2v) is 5.41. The molecule has 1 atom stereocenters. The molecule has 0 aliphatic carbocycles. The molecule has 0 fully saturated rings. The summed E-state index contributed by atoms with van der Waals surface area (Å²) < 4.78 is 0. The van der Waals surface area contributed by atoms with Gasteiger partial charge in [0.25, 0.3) is 0 Å². The number of aromatic nitrogens is 1. The summed E-state index contributed by atoms with van der Waals surface area (Å²) in [6, 6.07) is 10.2. The van der Waals surface area contributed by atoms with Crippen LogP contribution in [0.3, 0.4) is 0 Å². The number of nitrogens with zero attached hydrogens (tertiary/aromatic N) is 2. The third kappa shape index (κ3) is 3.63. The monoisotopic (exact) mass is 262 g/mol. The molecule has 0 radical (unpaired) electrons. The molecule has 0 aliphatic rings. The molecule has 0 bridgehead atoms. The Kier molecular flexibility index (Phi) is 4.47. The van der Waals surface area contributed by atoms with E-state index in [2.05, 4.69) is 27.4 Å². The van der Waals surface area contributed by atoms with E-state index in [0.717, 1.165) is 22.8 Å². The summed E-state index contributed by atoms with van der Waals surface area (Å²) in [7, 11) is 1.99. The molecule has 96 valence electrons. The standard InChI is InChI=1S/C14H18N2OS/c1-11(17)8-16(2)9-13-10-18-14(15-13)12-6-4-3-5-7-12/h3-7,10-11,17H,8-9H2,1-2H3. The molecule has 1 aromatic carbocycles. The van der Waals surface area contributed by atoms with Crippen molar-refractivity contribution in [3.05, 3.63) is 41.4 Å². The highest BCUT2D eigenvalue weighted by atomic mass is 32.1. The molecule has 0 saturated heterocycles. The number of aliphatic hydroxyl groups is 1. The van der Waals surface area contributed by atoms with Gasteiger partial charge in [-0.25, -0.2) is 4.98 Å². The number of hydrogen-bond acceptors (Lipinski definition) is 4. The van der Waals surface area contributed by atoms with Crippen LogP contribution in [0.1, 0.15) is 12.6 Å². The Morgan fingerprint density at radius 3 is 2.72 bits per heavy atom. The maximum atomic E-state index is 9.32. The van der Waals surface area contributed by atoms with Gasteiger partial charge in [0.05, 0.1) is 11.8 Å². The normalized spacial score (nSPS) is 12.9. The van der Waals surface area contributed by atoms with Crippen LogP contribution in [0.15, 0.2) is 35.7 Å². The lowest BCUT2D eigenvalue weighted by Gasteiger charge is -2.16. The van der Waals surface area contributed by atoms with Crippen molar-refractivity contribution in [3.63, 3.8) is 0 Å². The van der Waals surface area contributed by atoms with E-state index in [1.165, 1.54) is 0 Å². The van der Waals surface area contributed by atoms with Crippen LogP contribution >= 0.6 is 11.3 Å². The van der Waals surface area contributed by atoms with Crippen LogP contribution in [0.5, 0.6) is 0 Å². The van der Waals surface area contributed by atoms with Crippen LogP contribution in [0.2, 0.25) is 0 Å². The Balaban J connectivity index is 2.03. The van der Waals surface area contributed by atoms with Crippen LogP contribution in [-0.4, -0.2) is 34.7 Å². The third-order valence-corrected chi connectivity index (χ3v) is 3.52. The number of rotatable bonds is 5. The van der Waals surface area contributed by atoms with E-state index in [9.17, 15) is 5.11 Å². The summed E-state index contributed by atoms with van der Waals surface area (Å²) >= 11 is 1.66. The molecule has 0 saturated carbocycles. The average Bonchev–Trinajstić information content (AvgIpc) is 2.77. The average molecular weight is 262 g/mol. The molecule has 1 aromatic heterocycles. The first-order valence-corrected chi connectivity index (χ1v) is 6.89. The summed E-state index contributed by atoms with van der Waals surface area (Å²) in [4.78, 5) is 6.70. The molecule has 2 aromatic rings. The molecular weight excluding hydrogens is 244 g/mol. The molecule has 1 unspecified atom stereocenters. The van der Waals surface area contributed by atoms with Crippen molar-refractivity contribution in [2.45, 2.75) is 19.6 Å². The van der Waals surface area contributed by atoms with Gasteiger partial charge >= 0.3 is 0 Å². The Morgan fingerprint density at radius 1 is 1.33 bits per heavy atom. The minimum Gasteiger partial charge on any atom is -0.392 e. The van der Waals surface area contributed by atoms with Crippen LogP contribution in [0, 0.1) is 0 Å². The van der Waals surface area contributed by atoms with Gasteiger partial charge in [-0.15, -0.1) is 11.3 Å². The van der Waals surface area contributed by atoms with E-state index in [-0.39, 0.29) is 6.10 Å². The number of likely N-dealkylation sites (N-methyl/N-ethyl adjacent to an activating group) is 1. The van der Waals surface area contributed by atoms with E-state index in [1.54, 1.807) is 18.3 Å². The van der Waals surface area contributed by atoms with E-state index in [0.29, 0.717) is 6.54 Å². The number of aliphatic hydroxyl groups excluding tert-OH is 1. The number of thiazole rings is 1. The highest BCUT2D eigenvalue weighted by Gasteiger charge is 2.08. The largest absolute Gasteiger partial charge is 0.392 e. The van der Waals surface area contributed by atoms with Gasteiger partial charge in [0.1, 0.15) is 5.01 Å². The molecule has 2 rings (SSSR count). The van der Waals surface area contributed by atoms with Gasteiger partial charge < -0.3 is 5.11 Å². The summed E-state index contributed by atoms with van der Waals surface area (Å²) in [5.74, 6) is 0. The fourth-order valence-electron chi connectivity index (χ4n) is 1.89. The molecule has 4 heteroatoms. The van der Waals surface area contributed by atoms with E-state index in [4.69, 9.17) is 0 Å². The molecular formula is C14H18N2OS. The van der Waals surface area contributed by atoms with Crippen molar-refractivity contribution in [1.29, 1.82) is 0 Å². The lowest BCUT2D eigenvalue weighted by molar-refractivity contribution is 0.138. The zero-order chi connectivity index (χ0) is 13.0. The van der Waals surface area contributed by atoms with Gasteiger partial charge in [0.2, 0.25) is 0 Å². The molecule has 0 aliphatic heterocycles. The first-order chi connectivity index (χ1) is 8.65. The fraction of sp³-hybridized carbons (Fsp3) is 0.357. The van der Waals surface area contributed by atoms with Crippen molar-refractivity contribution in [3.8, 4) is 10.6 Å². The van der Waals surface area contributed by atoms with E-state index >= 15 is 0 Å². The Labute approximate surface area is 112 Å². The minimum atomic E-state index is -0.303. The SMILES string of the molecule is CC(O)CN(C)Cc1csc(-c2ccccc2)n1. The maximum Gasteiger partial charge on any atom is 0.123 e. The minimum absolute atomic E-state index is 0.303. The van der Waals surface area contributed by atoms with Crippen LogP contribution in [0.25, 0.3) is 10.6 Å². The zero-order valence-corrected chi connectivity index (χ0v) is 11.5. The lowest BCUT2D eigenvalue weighted by Crippen LogP contribution is -2.26. The maximum absolute atomic E-state index is 9.32. The second kappa shape index (κ2) is 6.09. The molecule has 1 heterocycles. The summed E-state index contributed by atoms with van der Waals surface area (Å²) in [5, 5.41) is 12.5. The smallest absolute Gasteiger partial charge is 0.123 e. The predicted molar refractivity (Wildman–Crippen MR) is 75.6 cm³/mol. The summed E-state index contributed by atoms with van der Waals surface area (Å²) in [5.41, 5.74) is 2.22. The van der Waals surface area contributed by atoms with Crippen molar-refractivity contribution < 1.29 is 5.11 Å². The molecule has 3 nitrogen and oxygen atoms in total. The van der Waals surface area contributed by atoms with Crippen LogP contribution in [0.4, 0.5) is 0 Å². The zero-order valence-electron chi connectivity index (χ0n) is 10.7. The topological polar surface area (TPSA) is 36.4 Å². The fourth-order valence-corrected chi connectivity index (χ4v) is 2.70. The van der Waals surface area contributed by atoms with Crippen molar-refractivity contribution in [1.82, 2.24) is 9.88 Å². The van der Waals surface area contributed by atoms with Gasteiger partial charge in [-0.1, -0.05) is 30.3 Å². The van der Waals surface area contributed by atoms with Crippen LogP contribution < -0.4 is 0 Å². The summed E-state index contributed by atoms with van der Waals surface area (Å²) in [6.45, 7) is 3.24. The molecule has 0 spiro atoms. The number of hydrogen-bond donors (Lipinski definition) is 1. The molecule has 0 amide bonds. The Bertz CT molecular complexity index is 482. The van der Waals surface area contributed by atoms with Crippen LogP contribution in [-0.2, 0) is 6.54 Å².